The van der Waals surface area contributed by atoms with E-state index in [0.717, 1.165) is 22.4 Å². The van der Waals surface area contributed by atoms with E-state index in [0.29, 0.717) is 24.5 Å². The van der Waals surface area contributed by atoms with Crippen LogP contribution in [0.1, 0.15) is 19.0 Å². The molecular weight excluding hydrogens is 314 g/mol. The number of carbonyl (C=O) groups excluding carboxylic acids is 1. The van der Waals surface area contributed by atoms with Crippen LogP contribution in [0.15, 0.2) is 30.5 Å². The number of nitrogens with one attached hydrogen (secondary N) is 1. The standard InChI is InChI=1S/C16H18ClN5O/c1-3-21-15(9-11(2)20-21)19-16(23)7-8-22-14-6-4-5-13(17)12(14)10-18-22/h4-6,9-10H,3,7-8H2,1-2H3,(H,19,23). The van der Waals surface area contributed by atoms with Gasteiger partial charge in [-0.15, -0.1) is 0 Å². The Kier molecular flexibility index (Phi) is 4.34. The van der Waals surface area contributed by atoms with Crippen molar-refractivity contribution in [2.45, 2.75) is 33.4 Å². The van der Waals surface area contributed by atoms with Gasteiger partial charge in [0, 0.05) is 24.4 Å². The van der Waals surface area contributed by atoms with E-state index in [2.05, 4.69) is 15.5 Å². The van der Waals surface area contributed by atoms with Crippen molar-refractivity contribution in [3.8, 4) is 0 Å². The lowest BCUT2D eigenvalue weighted by Gasteiger charge is -2.07. The summed E-state index contributed by atoms with van der Waals surface area (Å²) in [6, 6.07) is 7.52. The van der Waals surface area contributed by atoms with Gasteiger partial charge in [-0.25, -0.2) is 4.68 Å². The number of aryl methyl sites for hydroxylation is 3. The number of aromatic nitrogens is 4. The molecule has 0 fully saturated rings. The van der Waals surface area contributed by atoms with Crippen LogP contribution >= 0.6 is 11.6 Å². The first-order valence-electron chi connectivity index (χ1n) is 7.53. The van der Waals surface area contributed by atoms with Crippen molar-refractivity contribution < 1.29 is 4.79 Å². The van der Waals surface area contributed by atoms with Crippen LogP contribution in [0.25, 0.3) is 10.9 Å². The average Bonchev–Trinajstić information content (AvgIpc) is 3.09. The second-order valence-electron chi connectivity index (χ2n) is 5.33. The van der Waals surface area contributed by atoms with Gasteiger partial charge < -0.3 is 5.32 Å². The normalized spacial score (nSPS) is 11.1. The van der Waals surface area contributed by atoms with Crippen molar-refractivity contribution >= 4 is 34.2 Å². The number of rotatable bonds is 5. The van der Waals surface area contributed by atoms with Gasteiger partial charge in [-0.1, -0.05) is 17.7 Å². The minimum absolute atomic E-state index is 0.0646. The summed E-state index contributed by atoms with van der Waals surface area (Å²) < 4.78 is 3.57. The summed E-state index contributed by atoms with van der Waals surface area (Å²) in [5.74, 6) is 0.661. The Bertz CT molecular complexity index is 851. The molecule has 7 heteroatoms. The maximum Gasteiger partial charge on any atom is 0.227 e. The Morgan fingerprint density at radius 2 is 2.17 bits per heavy atom. The van der Waals surface area contributed by atoms with E-state index in [9.17, 15) is 4.79 Å². The van der Waals surface area contributed by atoms with Crippen LogP contribution in [-0.4, -0.2) is 25.5 Å². The predicted molar refractivity (Wildman–Crippen MR) is 90.6 cm³/mol. The Morgan fingerprint density at radius 3 is 2.96 bits per heavy atom. The Labute approximate surface area is 139 Å². The van der Waals surface area contributed by atoms with Crippen LogP contribution < -0.4 is 5.32 Å². The zero-order valence-electron chi connectivity index (χ0n) is 13.1. The lowest BCUT2D eigenvalue weighted by atomic mass is 10.2. The Hall–Kier alpha value is -2.34. The lowest BCUT2D eigenvalue weighted by Crippen LogP contribution is -2.17. The molecule has 1 aromatic carbocycles. The van der Waals surface area contributed by atoms with Gasteiger partial charge in [-0.3, -0.25) is 9.48 Å². The van der Waals surface area contributed by atoms with Crippen LogP contribution in [0, 0.1) is 6.92 Å². The van der Waals surface area contributed by atoms with E-state index in [1.165, 1.54) is 0 Å². The van der Waals surface area contributed by atoms with Gasteiger partial charge >= 0.3 is 0 Å². The Morgan fingerprint density at radius 1 is 1.35 bits per heavy atom. The molecule has 0 saturated heterocycles. The largest absolute Gasteiger partial charge is 0.311 e. The molecule has 3 rings (SSSR count). The number of benzene rings is 1. The van der Waals surface area contributed by atoms with Gasteiger partial charge in [0.25, 0.3) is 0 Å². The molecule has 0 atom stereocenters. The quantitative estimate of drug-likeness (QED) is 0.780. The van der Waals surface area contributed by atoms with Crippen molar-refractivity contribution in [1.29, 1.82) is 0 Å². The molecule has 23 heavy (non-hydrogen) atoms. The van der Waals surface area contributed by atoms with E-state index >= 15 is 0 Å². The molecule has 3 aromatic rings. The van der Waals surface area contributed by atoms with Crippen LogP contribution in [0.3, 0.4) is 0 Å². The molecule has 2 aromatic heterocycles. The summed E-state index contributed by atoms with van der Waals surface area (Å²) in [6.45, 7) is 5.10. The summed E-state index contributed by atoms with van der Waals surface area (Å²) in [5, 5.41) is 13.1. The number of halogens is 1. The first-order chi connectivity index (χ1) is 11.1. The summed E-state index contributed by atoms with van der Waals surface area (Å²) in [6.07, 6.45) is 2.06. The number of hydrogen-bond acceptors (Lipinski definition) is 3. The lowest BCUT2D eigenvalue weighted by molar-refractivity contribution is -0.116. The molecule has 0 aliphatic carbocycles. The predicted octanol–water partition coefficient (Wildman–Crippen LogP) is 3.24. The molecular formula is C16H18ClN5O. The highest BCUT2D eigenvalue weighted by Gasteiger charge is 2.10. The molecule has 0 unspecified atom stereocenters. The molecule has 0 bridgehead atoms. The van der Waals surface area contributed by atoms with Gasteiger partial charge in [0.15, 0.2) is 0 Å². The van der Waals surface area contributed by atoms with Crippen molar-refractivity contribution in [3.63, 3.8) is 0 Å². The molecule has 6 nitrogen and oxygen atoms in total. The summed E-state index contributed by atoms with van der Waals surface area (Å²) >= 11 is 6.13. The fourth-order valence-electron chi connectivity index (χ4n) is 2.55. The molecule has 120 valence electrons. The number of fused-ring (bicyclic) bond motifs is 1. The minimum Gasteiger partial charge on any atom is -0.311 e. The van der Waals surface area contributed by atoms with Crippen molar-refractivity contribution in [3.05, 3.63) is 41.2 Å². The average molecular weight is 332 g/mol. The molecule has 0 saturated carbocycles. The molecule has 0 aliphatic heterocycles. The summed E-state index contributed by atoms with van der Waals surface area (Å²) in [4.78, 5) is 12.2. The number of amides is 1. The van der Waals surface area contributed by atoms with Crippen molar-refractivity contribution in [1.82, 2.24) is 19.6 Å². The first kappa shape index (κ1) is 15.6. The van der Waals surface area contributed by atoms with Gasteiger partial charge in [0.05, 0.1) is 29.0 Å². The molecule has 2 heterocycles. The van der Waals surface area contributed by atoms with Crippen molar-refractivity contribution in [2.75, 3.05) is 5.32 Å². The topological polar surface area (TPSA) is 64.7 Å². The minimum atomic E-state index is -0.0646. The van der Waals surface area contributed by atoms with Crippen LogP contribution in [-0.2, 0) is 17.9 Å². The van der Waals surface area contributed by atoms with E-state index in [1.54, 1.807) is 15.6 Å². The molecule has 1 N–H and O–H groups in total. The number of nitrogens with zero attached hydrogens (tertiary/aromatic N) is 4. The summed E-state index contributed by atoms with van der Waals surface area (Å²) in [7, 11) is 0. The monoisotopic (exact) mass is 331 g/mol. The maximum absolute atomic E-state index is 12.2. The molecule has 0 spiro atoms. The third-order valence-corrected chi connectivity index (χ3v) is 3.98. The number of anilines is 1. The number of hydrogen-bond donors (Lipinski definition) is 1. The smallest absolute Gasteiger partial charge is 0.227 e. The van der Waals surface area contributed by atoms with Gasteiger partial charge in [-0.2, -0.15) is 10.2 Å². The maximum atomic E-state index is 12.2. The van der Waals surface area contributed by atoms with E-state index < -0.39 is 0 Å². The fourth-order valence-corrected chi connectivity index (χ4v) is 2.76. The van der Waals surface area contributed by atoms with Crippen LogP contribution in [0.4, 0.5) is 5.82 Å². The second kappa shape index (κ2) is 6.42. The highest BCUT2D eigenvalue weighted by molar-refractivity contribution is 6.35. The zero-order valence-corrected chi connectivity index (χ0v) is 13.8. The van der Waals surface area contributed by atoms with Gasteiger partial charge in [-0.05, 0) is 26.0 Å². The third kappa shape index (κ3) is 3.22. The van der Waals surface area contributed by atoms with Gasteiger partial charge in [0.1, 0.15) is 5.82 Å². The fraction of sp³-hybridized carbons (Fsp3) is 0.312. The zero-order chi connectivity index (χ0) is 16.4. The second-order valence-corrected chi connectivity index (χ2v) is 5.73. The van der Waals surface area contributed by atoms with E-state index in [1.807, 2.05) is 38.1 Å². The van der Waals surface area contributed by atoms with E-state index in [-0.39, 0.29) is 5.91 Å². The molecule has 1 amide bonds. The number of carbonyl (C=O) groups is 1. The highest BCUT2D eigenvalue weighted by atomic mass is 35.5. The SMILES string of the molecule is CCn1nc(C)cc1NC(=O)CCn1ncc2c(Cl)cccc21. The van der Waals surface area contributed by atoms with Crippen molar-refractivity contribution in [2.24, 2.45) is 0 Å². The van der Waals surface area contributed by atoms with Gasteiger partial charge in [0.2, 0.25) is 5.91 Å². The van der Waals surface area contributed by atoms with Crippen LogP contribution in [0.5, 0.6) is 0 Å². The third-order valence-electron chi connectivity index (χ3n) is 3.65. The summed E-state index contributed by atoms with van der Waals surface area (Å²) in [5.41, 5.74) is 1.81. The molecule has 0 aliphatic rings. The first-order valence-corrected chi connectivity index (χ1v) is 7.90. The van der Waals surface area contributed by atoms with E-state index in [4.69, 9.17) is 11.6 Å². The van der Waals surface area contributed by atoms with Crippen LogP contribution in [0.2, 0.25) is 5.02 Å². The molecule has 0 radical (unpaired) electrons. The highest BCUT2D eigenvalue weighted by Crippen LogP contribution is 2.22. The Balaban J connectivity index is 1.67.